The molecular weight excluding hydrogens is 366 g/mol. The molecule has 0 unspecified atom stereocenters. The normalized spacial score (nSPS) is 16.9. The van der Waals surface area contributed by atoms with E-state index in [0.29, 0.717) is 16.9 Å². The average molecular weight is 388 g/mol. The van der Waals surface area contributed by atoms with Crippen molar-refractivity contribution in [2.45, 2.75) is 39.2 Å². The van der Waals surface area contributed by atoms with Gasteiger partial charge in [0.1, 0.15) is 5.69 Å². The van der Waals surface area contributed by atoms with Gasteiger partial charge in [-0.1, -0.05) is 29.3 Å². The summed E-state index contributed by atoms with van der Waals surface area (Å²) in [6, 6.07) is 10.3. The number of benzene rings is 2. The molecule has 27 heavy (non-hydrogen) atoms. The number of hydrogen-bond acceptors (Lipinski definition) is 4. The number of hydrogen-bond donors (Lipinski definition) is 1. The SMILES string of the molecule is Cc1ccc(C(=O)Nc2cc(N3CCCC[C@@H]3C)c([N+](=O)[O-])cc2Cl)cc1. The van der Waals surface area contributed by atoms with Gasteiger partial charge in [-0.05, 0) is 51.3 Å². The molecule has 1 N–H and O–H groups in total. The van der Waals surface area contributed by atoms with Gasteiger partial charge in [0.15, 0.2) is 0 Å². The van der Waals surface area contributed by atoms with Crippen LogP contribution >= 0.6 is 11.6 Å². The van der Waals surface area contributed by atoms with Crippen LogP contribution < -0.4 is 10.2 Å². The molecule has 1 aliphatic heterocycles. The lowest BCUT2D eigenvalue weighted by Crippen LogP contribution is -2.37. The number of amides is 1. The van der Waals surface area contributed by atoms with Crippen molar-refractivity contribution < 1.29 is 9.72 Å². The average Bonchev–Trinajstić information content (AvgIpc) is 2.64. The van der Waals surface area contributed by atoms with E-state index < -0.39 is 4.92 Å². The third-order valence-electron chi connectivity index (χ3n) is 4.94. The summed E-state index contributed by atoms with van der Waals surface area (Å²) in [5.74, 6) is -0.302. The lowest BCUT2D eigenvalue weighted by molar-refractivity contribution is -0.384. The second kappa shape index (κ2) is 7.96. The standard InChI is InChI=1S/C20H22ClN3O3/c1-13-6-8-15(9-7-13)20(25)22-17-12-18(19(24(26)27)11-16(17)21)23-10-4-3-5-14(23)2/h6-9,11-12,14H,3-5,10H2,1-2H3,(H,22,25)/t14-/m0/s1. The van der Waals surface area contributed by atoms with Gasteiger partial charge < -0.3 is 10.2 Å². The lowest BCUT2D eigenvalue weighted by atomic mass is 10.0. The first-order valence-electron chi connectivity index (χ1n) is 8.99. The number of piperidine rings is 1. The quantitative estimate of drug-likeness (QED) is 0.578. The molecule has 0 aliphatic carbocycles. The largest absolute Gasteiger partial charge is 0.363 e. The van der Waals surface area contributed by atoms with Crippen LogP contribution in [-0.2, 0) is 0 Å². The Morgan fingerprint density at radius 2 is 1.96 bits per heavy atom. The second-order valence-electron chi connectivity index (χ2n) is 6.94. The summed E-state index contributed by atoms with van der Waals surface area (Å²) in [4.78, 5) is 25.7. The van der Waals surface area contributed by atoms with Crippen molar-refractivity contribution in [2.24, 2.45) is 0 Å². The Morgan fingerprint density at radius 1 is 1.26 bits per heavy atom. The number of halogens is 1. The number of nitro benzene ring substituents is 1. The summed E-state index contributed by atoms with van der Waals surface area (Å²) in [7, 11) is 0. The van der Waals surface area contributed by atoms with Gasteiger partial charge in [0, 0.05) is 24.2 Å². The molecule has 1 aliphatic rings. The number of carbonyl (C=O) groups is 1. The molecule has 2 aromatic rings. The second-order valence-corrected chi connectivity index (χ2v) is 7.34. The van der Waals surface area contributed by atoms with E-state index in [1.807, 2.05) is 24.0 Å². The minimum atomic E-state index is -0.423. The summed E-state index contributed by atoms with van der Waals surface area (Å²) >= 11 is 6.24. The van der Waals surface area contributed by atoms with Crippen molar-refractivity contribution in [3.63, 3.8) is 0 Å². The highest BCUT2D eigenvalue weighted by molar-refractivity contribution is 6.34. The predicted molar refractivity (Wildman–Crippen MR) is 108 cm³/mol. The molecule has 0 radical (unpaired) electrons. The Bertz CT molecular complexity index is 868. The van der Waals surface area contributed by atoms with Gasteiger partial charge in [0.05, 0.1) is 15.6 Å². The van der Waals surface area contributed by atoms with Crippen LogP contribution in [-0.4, -0.2) is 23.4 Å². The Kier molecular flexibility index (Phi) is 5.65. The highest BCUT2D eigenvalue weighted by Gasteiger charge is 2.27. The molecule has 6 nitrogen and oxygen atoms in total. The monoisotopic (exact) mass is 387 g/mol. The fraction of sp³-hybridized carbons (Fsp3) is 0.350. The van der Waals surface area contributed by atoms with Crippen molar-refractivity contribution in [3.8, 4) is 0 Å². The highest BCUT2D eigenvalue weighted by Crippen LogP contribution is 2.39. The summed E-state index contributed by atoms with van der Waals surface area (Å²) in [6.45, 7) is 4.75. The van der Waals surface area contributed by atoms with Gasteiger partial charge in [0.2, 0.25) is 0 Å². The third kappa shape index (κ3) is 4.22. The van der Waals surface area contributed by atoms with Crippen LogP contribution in [0.3, 0.4) is 0 Å². The zero-order valence-electron chi connectivity index (χ0n) is 15.4. The topological polar surface area (TPSA) is 75.5 Å². The smallest absolute Gasteiger partial charge is 0.294 e. The van der Waals surface area contributed by atoms with Crippen molar-refractivity contribution in [3.05, 3.63) is 62.7 Å². The molecule has 1 saturated heterocycles. The Balaban J connectivity index is 1.95. The maximum atomic E-state index is 12.5. The van der Waals surface area contributed by atoms with Gasteiger partial charge in [-0.25, -0.2) is 0 Å². The summed E-state index contributed by atoms with van der Waals surface area (Å²) < 4.78 is 0. The van der Waals surface area contributed by atoms with Crippen LogP contribution in [0.15, 0.2) is 36.4 Å². The van der Waals surface area contributed by atoms with Crippen LogP contribution in [0.2, 0.25) is 5.02 Å². The zero-order chi connectivity index (χ0) is 19.6. The Hall–Kier alpha value is -2.60. The van der Waals surface area contributed by atoms with Crippen LogP contribution in [0.5, 0.6) is 0 Å². The van der Waals surface area contributed by atoms with Crippen molar-refractivity contribution in [1.29, 1.82) is 0 Å². The summed E-state index contributed by atoms with van der Waals surface area (Å²) in [6.07, 6.45) is 3.07. The van der Waals surface area contributed by atoms with Crippen molar-refractivity contribution in [2.75, 3.05) is 16.8 Å². The molecule has 0 spiro atoms. The first kappa shape index (κ1) is 19.2. The maximum Gasteiger partial charge on any atom is 0.294 e. The number of nitrogens with one attached hydrogen (secondary N) is 1. The fourth-order valence-corrected chi connectivity index (χ4v) is 3.58. The van der Waals surface area contributed by atoms with Gasteiger partial charge >= 0.3 is 0 Å². The van der Waals surface area contributed by atoms with Crippen LogP contribution in [0, 0.1) is 17.0 Å². The van der Waals surface area contributed by atoms with E-state index >= 15 is 0 Å². The summed E-state index contributed by atoms with van der Waals surface area (Å²) in [5, 5.41) is 14.5. The molecule has 1 amide bonds. The van der Waals surface area contributed by atoms with Gasteiger partial charge in [-0.3, -0.25) is 14.9 Å². The van der Waals surface area contributed by atoms with E-state index in [1.165, 1.54) is 6.07 Å². The molecule has 1 heterocycles. The number of nitrogens with zero attached hydrogens (tertiary/aromatic N) is 2. The molecule has 0 saturated carbocycles. The number of nitro groups is 1. The molecule has 3 rings (SSSR count). The minimum absolute atomic E-state index is 0.0397. The Morgan fingerprint density at radius 3 is 2.59 bits per heavy atom. The summed E-state index contributed by atoms with van der Waals surface area (Å²) in [5.41, 5.74) is 2.39. The molecule has 0 bridgehead atoms. The van der Waals surface area contributed by atoms with E-state index in [2.05, 4.69) is 12.2 Å². The molecular formula is C20H22ClN3O3. The van der Waals surface area contributed by atoms with Crippen molar-refractivity contribution >= 4 is 34.6 Å². The third-order valence-corrected chi connectivity index (χ3v) is 5.25. The van der Waals surface area contributed by atoms with E-state index in [4.69, 9.17) is 11.6 Å². The lowest BCUT2D eigenvalue weighted by Gasteiger charge is -2.35. The number of rotatable bonds is 4. The van der Waals surface area contributed by atoms with Gasteiger partial charge in [-0.15, -0.1) is 0 Å². The molecule has 1 atom stereocenters. The zero-order valence-corrected chi connectivity index (χ0v) is 16.1. The number of carbonyl (C=O) groups excluding carboxylic acids is 1. The highest BCUT2D eigenvalue weighted by atomic mass is 35.5. The maximum absolute atomic E-state index is 12.5. The molecule has 0 aromatic heterocycles. The molecule has 2 aromatic carbocycles. The molecule has 1 fully saturated rings. The first-order chi connectivity index (χ1) is 12.9. The van der Waals surface area contributed by atoms with E-state index in [-0.39, 0.29) is 22.7 Å². The first-order valence-corrected chi connectivity index (χ1v) is 9.37. The van der Waals surface area contributed by atoms with Crippen LogP contribution in [0.4, 0.5) is 17.1 Å². The number of anilines is 2. The van der Waals surface area contributed by atoms with Crippen molar-refractivity contribution in [1.82, 2.24) is 0 Å². The van der Waals surface area contributed by atoms with Crippen LogP contribution in [0.25, 0.3) is 0 Å². The molecule has 142 valence electrons. The van der Waals surface area contributed by atoms with E-state index in [0.717, 1.165) is 31.4 Å². The van der Waals surface area contributed by atoms with Crippen LogP contribution in [0.1, 0.15) is 42.1 Å². The molecule has 7 heteroatoms. The van der Waals surface area contributed by atoms with Gasteiger partial charge in [-0.2, -0.15) is 0 Å². The van der Waals surface area contributed by atoms with Gasteiger partial charge in [0.25, 0.3) is 11.6 Å². The van der Waals surface area contributed by atoms with E-state index in [9.17, 15) is 14.9 Å². The minimum Gasteiger partial charge on any atom is -0.363 e. The fourth-order valence-electron chi connectivity index (χ4n) is 3.38. The predicted octanol–water partition coefficient (Wildman–Crippen LogP) is 5.19. The van der Waals surface area contributed by atoms with E-state index in [1.54, 1.807) is 18.2 Å². The Labute approximate surface area is 163 Å². The number of aryl methyl sites for hydroxylation is 1.